The summed E-state index contributed by atoms with van der Waals surface area (Å²) in [5.41, 5.74) is -3.91. The number of hydrogen-bond acceptors (Lipinski definition) is 5. The molecule has 2 N–H and O–H groups in total. The Bertz CT molecular complexity index is 1190. The first-order chi connectivity index (χ1) is 14.9. The molecule has 1 saturated heterocycles. The quantitative estimate of drug-likeness (QED) is 0.597. The first kappa shape index (κ1) is 22.2. The van der Waals surface area contributed by atoms with E-state index in [1.165, 1.54) is 17.6 Å². The van der Waals surface area contributed by atoms with E-state index in [2.05, 4.69) is 15.4 Å². The van der Waals surface area contributed by atoms with Gasteiger partial charge in [0.1, 0.15) is 22.5 Å². The Labute approximate surface area is 180 Å². The van der Waals surface area contributed by atoms with Crippen molar-refractivity contribution in [1.82, 2.24) is 19.9 Å². The van der Waals surface area contributed by atoms with Crippen LogP contribution in [0.3, 0.4) is 0 Å². The number of nitrogens with one attached hydrogen (secondary N) is 1. The number of rotatable bonds is 3. The van der Waals surface area contributed by atoms with Gasteiger partial charge in [0.15, 0.2) is 5.65 Å². The van der Waals surface area contributed by atoms with Crippen LogP contribution in [0.15, 0.2) is 36.8 Å². The van der Waals surface area contributed by atoms with Gasteiger partial charge in [-0.05, 0) is 31.5 Å². The third-order valence-electron chi connectivity index (χ3n) is 5.74. The molecule has 1 fully saturated rings. The van der Waals surface area contributed by atoms with Crippen LogP contribution in [-0.4, -0.2) is 44.4 Å². The second kappa shape index (κ2) is 7.52. The van der Waals surface area contributed by atoms with Gasteiger partial charge in [0, 0.05) is 31.0 Å². The van der Waals surface area contributed by atoms with Gasteiger partial charge in [-0.25, -0.2) is 13.9 Å². The molecule has 2 aromatic heterocycles. The van der Waals surface area contributed by atoms with Crippen LogP contribution in [0.1, 0.15) is 40.4 Å². The van der Waals surface area contributed by atoms with Crippen LogP contribution in [0.5, 0.6) is 0 Å². The minimum absolute atomic E-state index is 0.0447. The first-order valence-corrected chi connectivity index (χ1v) is 9.74. The van der Waals surface area contributed by atoms with Crippen molar-refractivity contribution in [2.45, 2.75) is 37.6 Å². The lowest BCUT2D eigenvalue weighted by molar-refractivity contribution is -0.140. The van der Waals surface area contributed by atoms with Crippen molar-refractivity contribution < 1.29 is 32.2 Å². The number of halogens is 4. The van der Waals surface area contributed by atoms with E-state index in [-0.39, 0.29) is 36.4 Å². The highest BCUT2D eigenvalue weighted by molar-refractivity contribution is 6.00. The van der Waals surface area contributed by atoms with Gasteiger partial charge in [-0.3, -0.25) is 4.79 Å². The molecule has 1 aliphatic heterocycles. The van der Waals surface area contributed by atoms with E-state index in [4.69, 9.17) is 4.74 Å². The molecule has 0 spiro atoms. The molecule has 0 bridgehead atoms. The highest BCUT2D eigenvalue weighted by Crippen LogP contribution is 2.42. The summed E-state index contributed by atoms with van der Waals surface area (Å²) >= 11 is 0. The number of aryl methyl sites for hydroxylation is 1. The van der Waals surface area contributed by atoms with Gasteiger partial charge < -0.3 is 15.2 Å². The number of aliphatic hydroxyl groups is 1. The number of ether oxygens (including phenoxy) is 1. The van der Waals surface area contributed by atoms with E-state index >= 15 is 4.39 Å². The largest absolute Gasteiger partial charge is 0.416 e. The Kier molecular flexibility index (Phi) is 5.21. The third kappa shape index (κ3) is 3.61. The summed E-state index contributed by atoms with van der Waals surface area (Å²) in [5, 5.41) is 17.9. The number of alkyl halides is 3. The number of fused-ring (bicyclic) bond motifs is 1. The highest BCUT2D eigenvalue weighted by atomic mass is 19.4. The van der Waals surface area contributed by atoms with Gasteiger partial charge in [0.25, 0.3) is 5.91 Å². The van der Waals surface area contributed by atoms with Crippen LogP contribution < -0.4 is 5.32 Å². The molecule has 11 heteroatoms. The number of benzene rings is 1. The fourth-order valence-corrected chi connectivity index (χ4v) is 4.00. The molecule has 1 aromatic carbocycles. The van der Waals surface area contributed by atoms with Crippen LogP contribution in [0, 0.1) is 12.7 Å². The second-order valence-electron chi connectivity index (χ2n) is 8.09. The Morgan fingerprint density at radius 1 is 1.31 bits per heavy atom. The van der Waals surface area contributed by atoms with Crippen molar-refractivity contribution in [3.05, 3.63) is 64.9 Å². The Morgan fingerprint density at radius 2 is 2.06 bits per heavy atom. The number of nitrogens with zero attached hydrogens (tertiary/aromatic N) is 3. The molecule has 1 amide bonds. The molecule has 7 nitrogen and oxygen atoms in total. The maximum atomic E-state index is 15.0. The zero-order chi connectivity index (χ0) is 23.3. The van der Waals surface area contributed by atoms with E-state index in [0.29, 0.717) is 6.07 Å². The standard InChI is InChI=1S/C21H20F4N4O3/c1-12-8-26-17-14(9-27-29(17)10-12)18(30)28-20(5-6-32-11-19(20,2)31)15-4-3-13(7-16(15)22)21(23,24)25/h3-4,7-10,31H,5-6,11H2,1-2H3,(H,28,30)/t19-,20+/m1/s1. The van der Waals surface area contributed by atoms with Gasteiger partial charge in [-0.15, -0.1) is 0 Å². The van der Waals surface area contributed by atoms with Crippen LogP contribution in [-0.2, 0) is 16.5 Å². The molecule has 1 aliphatic rings. The lowest BCUT2D eigenvalue weighted by atomic mass is 9.71. The van der Waals surface area contributed by atoms with E-state index in [1.54, 1.807) is 19.3 Å². The molecular weight excluding hydrogens is 432 g/mol. The number of aromatic nitrogens is 3. The van der Waals surface area contributed by atoms with Crippen molar-refractivity contribution >= 4 is 11.6 Å². The summed E-state index contributed by atoms with van der Waals surface area (Å²) in [6.45, 7) is 2.92. The van der Waals surface area contributed by atoms with Gasteiger partial charge in [0.2, 0.25) is 0 Å². The zero-order valence-electron chi connectivity index (χ0n) is 17.2. The van der Waals surface area contributed by atoms with Gasteiger partial charge >= 0.3 is 6.18 Å². The van der Waals surface area contributed by atoms with Crippen LogP contribution in [0.4, 0.5) is 17.6 Å². The Morgan fingerprint density at radius 3 is 2.72 bits per heavy atom. The fourth-order valence-electron chi connectivity index (χ4n) is 4.00. The van der Waals surface area contributed by atoms with E-state index in [9.17, 15) is 23.1 Å². The van der Waals surface area contributed by atoms with E-state index in [0.717, 1.165) is 17.7 Å². The number of hydrogen-bond donors (Lipinski definition) is 2. The second-order valence-corrected chi connectivity index (χ2v) is 8.09. The summed E-state index contributed by atoms with van der Waals surface area (Å²) in [6.07, 6.45) is -0.324. The van der Waals surface area contributed by atoms with Gasteiger partial charge in [0.05, 0.1) is 18.4 Å². The predicted octanol–water partition coefficient (Wildman–Crippen LogP) is 2.99. The fraction of sp³-hybridized carbons (Fsp3) is 0.381. The molecule has 32 heavy (non-hydrogen) atoms. The van der Waals surface area contributed by atoms with Crippen molar-refractivity contribution in [1.29, 1.82) is 0 Å². The predicted molar refractivity (Wildman–Crippen MR) is 104 cm³/mol. The molecule has 0 unspecified atom stereocenters. The number of amides is 1. The normalized spacial score (nSPS) is 24.0. The average Bonchev–Trinajstić information content (AvgIpc) is 3.12. The lowest BCUT2D eigenvalue weighted by Crippen LogP contribution is -2.65. The summed E-state index contributed by atoms with van der Waals surface area (Å²) in [6, 6.07) is 2.02. The molecule has 3 heterocycles. The van der Waals surface area contributed by atoms with Crippen molar-refractivity contribution in [3.8, 4) is 0 Å². The summed E-state index contributed by atoms with van der Waals surface area (Å²) in [5.74, 6) is -1.91. The maximum Gasteiger partial charge on any atom is 0.416 e. The molecule has 3 aromatic rings. The Balaban J connectivity index is 1.80. The number of carbonyl (C=O) groups excluding carboxylic acids is 1. The number of carbonyl (C=O) groups is 1. The summed E-state index contributed by atoms with van der Waals surface area (Å²) in [4.78, 5) is 17.4. The minimum Gasteiger partial charge on any atom is -0.385 e. The molecule has 2 atom stereocenters. The summed E-state index contributed by atoms with van der Waals surface area (Å²) < 4.78 is 60.8. The van der Waals surface area contributed by atoms with Crippen LogP contribution in [0.25, 0.3) is 5.65 Å². The molecule has 170 valence electrons. The average molecular weight is 452 g/mol. The maximum absolute atomic E-state index is 15.0. The van der Waals surface area contributed by atoms with Crippen molar-refractivity contribution in [2.75, 3.05) is 13.2 Å². The lowest BCUT2D eigenvalue weighted by Gasteiger charge is -2.49. The third-order valence-corrected chi connectivity index (χ3v) is 5.74. The minimum atomic E-state index is -4.74. The van der Waals surface area contributed by atoms with Gasteiger partial charge in [-0.1, -0.05) is 6.07 Å². The summed E-state index contributed by atoms with van der Waals surface area (Å²) in [7, 11) is 0. The van der Waals surface area contributed by atoms with E-state index in [1.807, 2.05) is 0 Å². The highest BCUT2D eigenvalue weighted by Gasteiger charge is 2.53. The molecule has 0 saturated carbocycles. The zero-order valence-corrected chi connectivity index (χ0v) is 17.2. The topological polar surface area (TPSA) is 88.8 Å². The van der Waals surface area contributed by atoms with Gasteiger partial charge in [-0.2, -0.15) is 18.3 Å². The van der Waals surface area contributed by atoms with Crippen molar-refractivity contribution in [2.24, 2.45) is 0 Å². The van der Waals surface area contributed by atoms with Crippen molar-refractivity contribution in [3.63, 3.8) is 0 Å². The molecule has 4 rings (SSSR count). The molecular formula is C21H20F4N4O3. The van der Waals surface area contributed by atoms with E-state index < -0.39 is 34.6 Å². The first-order valence-electron chi connectivity index (χ1n) is 9.74. The SMILES string of the molecule is Cc1cnc2c(C(=O)N[C@]3(c4ccc(C(F)(F)F)cc4F)CCOC[C@@]3(C)O)cnn2c1. The monoisotopic (exact) mass is 452 g/mol. The smallest absolute Gasteiger partial charge is 0.385 e. The molecule has 0 aliphatic carbocycles. The Hall–Kier alpha value is -3.05. The van der Waals surface area contributed by atoms with Crippen LogP contribution in [0.2, 0.25) is 0 Å². The molecule has 0 radical (unpaired) electrons. The van der Waals surface area contributed by atoms with Crippen LogP contribution >= 0.6 is 0 Å².